The van der Waals surface area contributed by atoms with E-state index in [9.17, 15) is 9.59 Å². The van der Waals surface area contributed by atoms with Crippen molar-refractivity contribution in [1.29, 1.82) is 0 Å². The van der Waals surface area contributed by atoms with Gasteiger partial charge in [0.15, 0.2) is 0 Å². The molecule has 0 N–H and O–H groups in total. The summed E-state index contributed by atoms with van der Waals surface area (Å²) in [5.41, 5.74) is 1.72. The van der Waals surface area contributed by atoms with Gasteiger partial charge < -0.3 is 4.74 Å². The molecule has 0 unspecified atom stereocenters. The minimum atomic E-state index is -0.0920. The van der Waals surface area contributed by atoms with Crippen molar-refractivity contribution in [3.63, 3.8) is 0 Å². The Morgan fingerprint density at radius 1 is 0.667 bits per heavy atom. The summed E-state index contributed by atoms with van der Waals surface area (Å²) < 4.78 is 5.73. The van der Waals surface area contributed by atoms with E-state index in [1.807, 2.05) is 54.6 Å². The van der Waals surface area contributed by atoms with E-state index in [4.69, 9.17) is 16.3 Å². The van der Waals surface area contributed by atoms with Crippen molar-refractivity contribution >= 4 is 23.2 Å². The van der Waals surface area contributed by atoms with Crippen LogP contribution in [0, 0.1) is 0 Å². The van der Waals surface area contributed by atoms with Gasteiger partial charge in [-0.15, -0.1) is 0 Å². The molecule has 0 amide bonds. The Bertz CT molecular complexity index is 901. The standard InChI is InChI=1S/C23H19ClO3/c24-19-10-6-17(7-11-19)14-20(25)16-21(26)15-18-8-12-23(13-9-18)27-22-4-2-1-3-5-22/h1-13H,14-16H2. The first-order valence-corrected chi connectivity index (χ1v) is 9.06. The van der Waals surface area contributed by atoms with Crippen LogP contribution in [0.3, 0.4) is 0 Å². The lowest BCUT2D eigenvalue weighted by Gasteiger charge is -2.06. The van der Waals surface area contributed by atoms with Gasteiger partial charge >= 0.3 is 0 Å². The van der Waals surface area contributed by atoms with Gasteiger partial charge in [-0.1, -0.05) is 54.1 Å². The maximum atomic E-state index is 12.2. The third-order valence-electron chi connectivity index (χ3n) is 4.01. The van der Waals surface area contributed by atoms with Gasteiger partial charge in [0, 0.05) is 17.9 Å². The molecule has 0 aromatic heterocycles. The molecule has 0 spiro atoms. The highest BCUT2D eigenvalue weighted by atomic mass is 35.5. The molecule has 3 aromatic rings. The van der Waals surface area contributed by atoms with E-state index < -0.39 is 0 Å². The van der Waals surface area contributed by atoms with Crippen LogP contribution in [0.25, 0.3) is 0 Å². The van der Waals surface area contributed by atoms with E-state index in [1.165, 1.54) is 0 Å². The first kappa shape index (κ1) is 18.9. The van der Waals surface area contributed by atoms with E-state index in [0.717, 1.165) is 16.9 Å². The number of carbonyl (C=O) groups excluding carboxylic acids is 2. The van der Waals surface area contributed by atoms with Gasteiger partial charge in [0.1, 0.15) is 23.1 Å². The molecule has 0 heterocycles. The topological polar surface area (TPSA) is 43.4 Å². The fraction of sp³-hybridized carbons (Fsp3) is 0.130. The largest absolute Gasteiger partial charge is 0.457 e. The Labute approximate surface area is 163 Å². The van der Waals surface area contributed by atoms with Crippen molar-refractivity contribution in [2.45, 2.75) is 19.3 Å². The van der Waals surface area contributed by atoms with Gasteiger partial charge in [-0.3, -0.25) is 9.59 Å². The van der Waals surface area contributed by atoms with Gasteiger partial charge in [0.05, 0.1) is 6.42 Å². The third-order valence-corrected chi connectivity index (χ3v) is 4.26. The lowest BCUT2D eigenvalue weighted by Crippen LogP contribution is -2.12. The fourth-order valence-corrected chi connectivity index (χ4v) is 2.83. The van der Waals surface area contributed by atoms with Crippen molar-refractivity contribution in [2.75, 3.05) is 0 Å². The predicted molar refractivity (Wildman–Crippen MR) is 106 cm³/mol. The number of Topliss-reactive ketones (excluding diaryl/α,β-unsaturated/α-hetero) is 2. The molecule has 3 nitrogen and oxygen atoms in total. The molecule has 0 saturated carbocycles. The molecule has 4 heteroatoms. The van der Waals surface area contributed by atoms with Crippen LogP contribution in [0.4, 0.5) is 0 Å². The lowest BCUT2D eigenvalue weighted by atomic mass is 10.0. The lowest BCUT2D eigenvalue weighted by molar-refractivity contribution is -0.126. The Morgan fingerprint density at radius 2 is 1.15 bits per heavy atom. The number of rotatable bonds is 8. The van der Waals surface area contributed by atoms with Crippen molar-refractivity contribution in [2.24, 2.45) is 0 Å². The van der Waals surface area contributed by atoms with Crippen LogP contribution in [0.2, 0.25) is 5.02 Å². The average molecular weight is 379 g/mol. The summed E-state index contributed by atoms with van der Waals surface area (Å²) in [6.07, 6.45) is 0.412. The van der Waals surface area contributed by atoms with Crippen LogP contribution < -0.4 is 4.74 Å². The van der Waals surface area contributed by atoms with Crippen LogP contribution in [0.5, 0.6) is 11.5 Å². The molecule has 3 rings (SSSR count). The SMILES string of the molecule is O=C(CC(=O)Cc1ccc(Oc2ccccc2)cc1)Cc1ccc(Cl)cc1. The number of ketones is 2. The maximum Gasteiger partial charge on any atom is 0.144 e. The van der Waals surface area contributed by atoms with E-state index in [0.29, 0.717) is 10.8 Å². The normalized spacial score (nSPS) is 10.4. The zero-order chi connectivity index (χ0) is 19.1. The van der Waals surface area contributed by atoms with Gasteiger partial charge in [-0.25, -0.2) is 0 Å². The molecule has 0 saturated heterocycles. The highest BCUT2D eigenvalue weighted by Gasteiger charge is 2.11. The monoisotopic (exact) mass is 378 g/mol. The molecule has 0 bridgehead atoms. The Morgan fingerprint density at radius 3 is 1.70 bits per heavy atom. The second-order valence-electron chi connectivity index (χ2n) is 6.29. The van der Waals surface area contributed by atoms with Crippen LogP contribution >= 0.6 is 11.6 Å². The van der Waals surface area contributed by atoms with E-state index in [-0.39, 0.29) is 30.8 Å². The molecule has 0 aliphatic rings. The highest BCUT2D eigenvalue weighted by Crippen LogP contribution is 2.21. The summed E-state index contributed by atoms with van der Waals surface area (Å²) in [5, 5.41) is 0.627. The zero-order valence-electron chi connectivity index (χ0n) is 14.7. The first-order chi connectivity index (χ1) is 13.1. The summed E-state index contributed by atoms with van der Waals surface area (Å²) in [6, 6.07) is 23.9. The molecule has 3 aromatic carbocycles. The molecular formula is C23H19ClO3. The number of halogens is 1. The molecular weight excluding hydrogens is 360 g/mol. The van der Waals surface area contributed by atoms with Crippen molar-refractivity contribution in [3.05, 3.63) is 95.0 Å². The van der Waals surface area contributed by atoms with Gasteiger partial charge in [0.25, 0.3) is 0 Å². The second kappa shape index (κ2) is 9.15. The van der Waals surface area contributed by atoms with Crippen molar-refractivity contribution < 1.29 is 14.3 Å². The molecule has 27 heavy (non-hydrogen) atoms. The predicted octanol–water partition coefficient (Wildman–Crippen LogP) is 5.45. The number of carbonyl (C=O) groups is 2. The molecule has 0 radical (unpaired) electrons. The first-order valence-electron chi connectivity index (χ1n) is 8.68. The molecule has 0 aliphatic heterocycles. The Hall–Kier alpha value is -2.91. The molecule has 0 atom stereocenters. The van der Waals surface area contributed by atoms with Crippen molar-refractivity contribution in [1.82, 2.24) is 0 Å². The highest BCUT2D eigenvalue weighted by molar-refractivity contribution is 6.30. The number of ether oxygens (including phenoxy) is 1. The number of hydrogen-bond acceptors (Lipinski definition) is 3. The molecule has 0 fully saturated rings. The van der Waals surface area contributed by atoms with Crippen LogP contribution in [-0.2, 0) is 22.4 Å². The van der Waals surface area contributed by atoms with Crippen LogP contribution in [0.15, 0.2) is 78.9 Å². The van der Waals surface area contributed by atoms with Crippen LogP contribution in [0.1, 0.15) is 17.5 Å². The van der Waals surface area contributed by atoms with Gasteiger partial charge in [0.2, 0.25) is 0 Å². The summed E-state index contributed by atoms with van der Waals surface area (Å²) in [4.78, 5) is 24.3. The minimum Gasteiger partial charge on any atom is -0.457 e. The molecule has 0 aliphatic carbocycles. The maximum absolute atomic E-state index is 12.2. The molecule has 136 valence electrons. The Kier molecular flexibility index (Phi) is 6.39. The Balaban J connectivity index is 1.50. The van der Waals surface area contributed by atoms with E-state index in [2.05, 4.69) is 0 Å². The number of benzene rings is 3. The second-order valence-corrected chi connectivity index (χ2v) is 6.73. The average Bonchev–Trinajstić information content (AvgIpc) is 2.66. The van der Waals surface area contributed by atoms with E-state index >= 15 is 0 Å². The number of hydrogen-bond donors (Lipinski definition) is 0. The zero-order valence-corrected chi connectivity index (χ0v) is 15.5. The summed E-state index contributed by atoms with van der Waals surface area (Å²) in [7, 11) is 0. The van der Waals surface area contributed by atoms with Crippen molar-refractivity contribution in [3.8, 4) is 11.5 Å². The van der Waals surface area contributed by atoms with Gasteiger partial charge in [-0.05, 0) is 47.5 Å². The summed E-state index contributed by atoms with van der Waals surface area (Å²) in [5.74, 6) is 1.28. The minimum absolute atomic E-state index is 0.0646. The van der Waals surface area contributed by atoms with Gasteiger partial charge in [-0.2, -0.15) is 0 Å². The summed E-state index contributed by atoms with van der Waals surface area (Å²) in [6.45, 7) is 0. The smallest absolute Gasteiger partial charge is 0.144 e. The third kappa shape index (κ3) is 6.08. The summed E-state index contributed by atoms with van der Waals surface area (Å²) >= 11 is 5.83. The van der Waals surface area contributed by atoms with E-state index in [1.54, 1.807) is 24.3 Å². The quantitative estimate of drug-likeness (QED) is 0.490. The van der Waals surface area contributed by atoms with Crippen LogP contribution in [-0.4, -0.2) is 11.6 Å². The number of para-hydroxylation sites is 1. The fourth-order valence-electron chi connectivity index (χ4n) is 2.70.